The van der Waals surface area contributed by atoms with Crippen LogP contribution >= 0.6 is 15.9 Å². The van der Waals surface area contributed by atoms with E-state index in [4.69, 9.17) is 4.74 Å². The summed E-state index contributed by atoms with van der Waals surface area (Å²) in [6.45, 7) is 2.00. The first-order valence-corrected chi connectivity index (χ1v) is 6.91. The highest BCUT2D eigenvalue weighted by molar-refractivity contribution is 9.10. The van der Waals surface area contributed by atoms with E-state index < -0.39 is 4.92 Å². The number of carbonyl (C=O) groups is 1. The van der Waals surface area contributed by atoms with Gasteiger partial charge in [0, 0.05) is 29.7 Å². The van der Waals surface area contributed by atoms with Crippen LogP contribution in [0.15, 0.2) is 22.7 Å². The van der Waals surface area contributed by atoms with Crippen molar-refractivity contribution in [3.05, 3.63) is 32.8 Å². The second kappa shape index (κ2) is 6.78. The van der Waals surface area contributed by atoms with Gasteiger partial charge in [-0.05, 0) is 22.0 Å². The molecule has 1 aliphatic rings. The van der Waals surface area contributed by atoms with Crippen LogP contribution < -0.4 is 10.6 Å². The lowest BCUT2D eigenvalue weighted by Gasteiger charge is -2.23. The molecule has 1 amide bonds. The number of rotatable bonds is 4. The molecule has 1 fully saturated rings. The molecule has 1 unspecified atom stereocenters. The van der Waals surface area contributed by atoms with Gasteiger partial charge >= 0.3 is 0 Å². The minimum Gasteiger partial charge on any atom is -0.375 e. The molecule has 0 bridgehead atoms. The Bertz CT molecular complexity index is 517. The number of ether oxygens (including phenoxy) is 1. The predicted molar refractivity (Wildman–Crippen MR) is 76.7 cm³/mol. The molecule has 1 heterocycles. The molecular weight excluding hydrogens is 330 g/mol. The highest BCUT2D eigenvalue weighted by Gasteiger charge is 2.18. The Morgan fingerprint density at radius 1 is 1.60 bits per heavy atom. The Balaban J connectivity index is 1.99. The van der Waals surface area contributed by atoms with Gasteiger partial charge in [-0.3, -0.25) is 14.9 Å². The Kier molecular flexibility index (Phi) is 5.05. The summed E-state index contributed by atoms with van der Waals surface area (Å²) in [6.07, 6.45) is 0.0449. The van der Waals surface area contributed by atoms with Crippen LogP contribution in [-0.2, 0) is 9.53 Å². The zero-order valence-corrected chi connectivity index (χ0v) is 12.2. The molecule has 1 saturated heterocycles. The number of anilines is 1. The van der Waals surface area contributed by atoms with E-state index in [2.05, 4.69) is 26.6 Å². The predicted octanol–water partition coefficient (Wildman–Crippen LogP) is 1.67. The van der Waals surface area contributed by atoms with E-state index >= 15 is 0 Å². The van der Waals surface area contributed by atoms with E-state index in [1.54, 1.807) is 0 Å². The minimum absolute atomic E-state index is 0.0703. The molecule has 0 radical (unpaired) electrons. The van der Waals surface area contributed by atoms with Crippen molar-refractivity contribution in [2.45, 2.75) is 12.5 Å². The molecule has 8 heteroatoms. The highest BCUT2D eigenvalue weighted by Crippen LogP contribution is 2.27. The first kappa shape index (κ1) is 14.9. The molecule has 1 aromatic rings. The molecule has 2 N–H and O–H groups in total. The van der Waals surface area contributed by atoms with Crippen molar-refractivity contribution in [1.29, 1.82) is 0 Å². The second-order valence-corrected chi connectivity index (χ2v) is 5.22. The second-order valence-electron chi connectivity index (χ2n) is 4.37. The highest BCUT2D eigenvalue weighted by atomic mass is 79.9. The molecule has 20 heavy (non-hydrogen) atoms. The normalized spacial score (nSPS) is 18.6. The molecular formula is C12H14BrN3O4. The van der Waals surface area contributed by atoms with Gasteiger partial charge < -0.3 is 15.4 Å². The van der Waals surface area contributed by atoms with E-state index in [-0.39, 0.29) is 24.1 Å². The average Bonchev–Trinajstić information content (AvgIpc) is 2.42. The number of hydrogen-bond donors (Lipinski definition) is 2. The van der Waals surface area contributed by atoms with Crippen LogP contribution in [0.3, 0.4) is 0 Å². The SMILES string of the molecule is O=C(CC1CNCCO1)Nc1cc([N+](=O)[O-])ccc1Br. The van der Waals surface area contributed by atoms with E-state index in [0.29, 0.717) is 23.3 Å². The van der Waals surface area contributed by atoms with Crippen LogP contribution in [0.1, 0.15) is 6.42 Å². The number of carbonyl (C=O) groups excluding carboxylic acids is 1. The Morgan fingerprint density at radius 2 is 2.40 bits per heavy atom. The van der Waals surface area contributed by atoms with Gasteiger partial charge in [-0.15, -0.1) is 0 Å². The maximum atomic E-state index is 11.9. The van der Waals surface area contributed by atoms with Crippen molar-refractivity contribution in [1.82, 2.24) is 5.32 Å². The number of halogens is 1. The summed E-state index contributed by atoms with van der Waals surface area (Å²) in [6, 6.07) is 4.22. The van der Waals surface area contributed by atoms with Gasteiger partial charge in [0.1, 0.15) is 0 Å². The first-order valence-electron chi connectivity index (χ1n) is 6.12. The van der Waals surface area contributed by atoms with Crippen LogP contribution in [0.5, 0.6) is 0 Å². The van der Waals surface area contributed by atoms with Crippen molar-refractivity contribution in [2.24, 2.45) is 0 Å². The van der Waals surface area contributed by atoms with Crippen molar-refractivity contribution >= 4 is 33.2 Å². The molecule has 1 aliphatic heterocycles. The molecule has 0 spiro atoms. The molecule has 0 saturated carbocycles. The molecule has 0 aromatic heterocycles. The summed E-state index contributed by atoms with van der Waals surface area (Å²) in [5.74, 6) is -0.236. The van der Waals surface area contributed by atoms with E-state index in [9.17, 15) is 14.9 Å². The number of nitro benzene ring substituents is 1. The van der Waals surface area contributed by atoms with Gasteiger partial charge in [0.15, 0.2) is 0 Å². The molecule has 1 aromatic carbocycles. The van der Waals surface area contributed by atoms with Gasteiger partial charge in [-0.25, -0.2) is 0 Å². The van der Waals surface area contributed by atoms with Gasteiger partial charge in [-0.1, -0.05) is 0 Å². The van der Waals surface area contributed by atoms with Gasteiger partial charge in [0.2, 0.25) is 5.91 Å². The Labute approximate surface area is 124 Å². The maximum Gasteiger partial charge on any atom is 0.271 e. The number of hydrogen-bond acceptors (Lipinski definition) is 5. The third-order valence-electron chi connectivity index (χ3n) is 2.85. The summed E-state index contributed by atoms with van der Waals surface area (Å²) < 4.78 is 6.03. The standard InChI is InChI=1S/C12H14BrN3O4/c13-10-2-1-8(16(18)19)5-11(10)15-12(17)6-9-7-14-3-4-20-9/h1-2,5,9,14H,3-4,6-7H2,(H,15,17). The largest absolute Gasteiger partial charge is 0.375 e. The molecule has 2 rings (SSSR count). The summed E-state index contributed by atoms with van der Waals surface area (Å²) in [5, 5.41) is 16.5. The molecule has 108 valence electrons. The Morgan fingerprint density at radius 3 is 3.05 bits per heavy atom. The Hall–Kier alpha value is -1.51. The lowest BCUT2D eigenvalue weighted by atomic mass is 10.2. The summed E-state index contributed by atoms with van der Waals surface area (Å²) >= 11 is 3.25. The summed E-state index contributed by atoms with van der Waals surface area (Å²) in [5.41, 5.74) is 0.312. The van der Waals surface area contributed by atoms with Crippen molar-refractivity contribution in [3.63, 3.8) is 0 Å². The number of morpholine rings is 1. The molecule has 0 aliphatic carbocycles. The fourth-order valence-electron chi connectivity index (χ4n) is 1.88. The summed E-state index contributed by atoms with van der Waals surface area (Å²) in [4.78, 5) is 22.1. The van der Waals surface area contributed by atoms with E-state index in [1.807, 2.05) is 0 Å². The van der Waals surface area contributed by atoms with Crippen LogP contribution in [0, 0.1) is 10.1 Å². The van der Waals surface area contributed by atoms with Crippen LogP contribution in [0.2, 0.25) is 0 Å². The monoisotopic (exact) mass is 343 g/mol. The fourth-order valence-corrected chi connectivity index (χ4v) is 2.23. The number of nitrogens with zero attached hydrogens (tertiary/aromatic N) is 1. The zero-order valence-electron chi connectivity index (χ0n) is 10.6. The van der Waals surface area contributed by atoms with E-state index in [0.717, 1.165) is 6.54 Å². The molecule has 1 atom stereocenters. The third-order valence-corrected chi connectivity index (χ3v) is 3.54. The van der Waals surface area contributed by atoms with Gasteiger partial charge in [-0.2, -0.15) is 0 Å². The number of amides is 1. The van der Waals surface area contributed by atoms with Crippen LogP contribution in [0.25, 0.3) is 0 Å². The summed E-state index contributed by atoms with van der Waals surface area (Å²) in [7, 11) is 0. The smallest absolute Gasteiger partial charge is 0.271 e. The van der Waals surface area contributed by atoms with Crippen LogP contribution in [-0.4, -0.2) is 36.6 Å². The lowest BCUT2D eigenvalue weighted by Crippen LogP contribution is -2.40. The topological polar surface area (TPSA) is 93.5 Å². The molecule has 7 nitrogen and oxygen atoms in total. The average molecular weight is 344 g/mol. The van der Waals surface area contributed by atoms with Crippen LogP contribution in [0.4, 0.5) is 11.4 Å². The minimum atomic E-state index is -0.504. The van der Waals surface area contributed by atoms with Crippen molar-refractivity contribution < 1.29 is 14.5 Å². The third kappa shape index (κ3) is 3.99. The number of nitro groups is 1. The lowest BCUT2D eigenvalue weighted by molar-refractivity contribution is -0.384. The number of benzene rings is 1. The fraction of sp³-hybridized carbons (Fsp3) is 0.417. The number of nitrogens with one attached hydrogen (secondary N) is 2. The van der Waals surface area contributed by atoms with E-state index in [1.165, 1.54) is 18.2 Å². The quantitative estimate of drug-likeness (QED) is 0.640. The maximum absolute atomic E-state index is 11.9. The van der Waals surface area contributed by atoms with Gasteiger partial charge in [0.05, 0.1) is 29.7 Å². The number of non-ortho nitro benzene ring substituents is 1. The van der Waals surface area contributed by atoms with Crippen molar-refractivity contribution in [3.8, 4) is 0 Å². The van der Waals surface area contributed by atoms with Gasteiger partial charge in [0.25, 0.3) is 5.69 Å². The first-order chi connectivity index (χ1) is 9.56. The zero-order chi connectivity index (χ0) is 14.5. The van der Waals surface area contributed by atoms with Crippen molar-refractivity contribution in [2.75, 3.05) is 25.0 Å².